The predicted molar refractivity (Wildman–Crippen MR) is 116 cm³/mol. The van der Waals surface area contributed by atoms with E-state index in [0.717, 1.165) is 30.2 Å². The van der Waals surface area contributed by atoms with Gasteiger partial charge in [0, 0.05) is 25.8 Å². The smallest absolute Gasteiger partial charge is 0.226 e. The number of oxazole rings is 1. The molecule has 0 aliphatic heterocycles. The van der Waals surface area contributed by atoms with Crippen LogP contribution in [-0.4, -0.2) is 37.7 Å². The molecule has 0 bridgehead atoms. The van der Waals surface area contributed by atoms with Crippen molar-refractivity contribution in [1.29, 1.82) is 0 Å². The molecule has 0 radical (unpaired) electrons. The van der Waals surface area contributed by atoms with Gasteiger partial charge in [0.05, 0.1) is 18.8 Å². The molecule has 144 valence electrons. The molecule has 6 nitrogen and oxygen atoms in total. The standard InChI is InChI=1S/C19H28N4O2.HI/c1-15(2)9-11-24-12-10-21-19(20-3)22-13-17-14-25-18(23-17)16-7-5-4-6-8-16;/h4-8,14-15H,9-13H2,1-3H3,(H2,20,21,22);1H. The molecule has 0 saturated carbocycles. The van der Waals surface area contributed by atoms with Crippen LogP contribution >= 0.6 is 24.0 Å². The van der Waals surface area contributed by atoms with Crippen LogP contribution in [0.25, 0.3) is 11.5 Å². The summed E-state index contributed by atoms with van der Waals surface area (Å²) in [6.45, 7) is 7.11. The Morgan fingerprint density at radius 3 is 2.65 bits per heavy atom. The summed E-state index contributed by atoms with van der Waals surface area (Å²) in [5, 5.41) is 6.44. The second-order valence-electron chi connectivity index (χ2n) is 6.16. The van der Waals surface area contributed by atoms with Crippen LogP contribution in [-0.2, 0) is 11.3 Å². The third kappa shape index (κ3) is 8.18. The number of nitrogens with zero attached hydrogens (tertiary/aromatic N) is 2. The van der Waals surface area contributed by atoms with Gasteiger partial charge in [-0.15, -0.1) is 24.0 Å². The molecule has 1 aromatic carbocycles. The van der Waals surface area contributed by atoms with Crippen molar-refractivity contribution in [2.45, 2.75) is 26.8 Å². The van der Waals surface area contributed by atoms with Gasteiger partial charge < -0.3 is 19.8 Å². The summed E-state index contributed by atoms with van der Waals surface area (Å²) < 4.78 is 11.1. The maximum atomic E-state index is 5.58. The van der Waals surface area contributed by atoms with E-state index in [2.05, 4.69) is 34.5 Å². The Morgan fingerprint density at radius 2 is 1.96 bits per heavy atom. The van der Waals surface area contributed by atoms with Gasteiger partial charge in [-0.2, -0.15) is 0 Å². The number of hydrogen-bond acceptors (Lipinski definition) is 4. The van der Waals surface area contributed by atoms with E-state index < -0.39 is 0 Å². The van der Waals surface area contributed by atoms with Crippen molar-refractivity contribution < 1.29 is 9.15 Å². The highest BCUT2D eigenvalue weighted by Gasteiger charge is 2.06. The van der Waals surface area contributed by atoms with Crippen LogP contribution < -0.4 is 10.6 Å². The van der Waals surface area contributed by atoms with Gasteiger partial charge in [-0.25, -0.2) is 4.98 Å². The SMILES string of the molecule is CN=C(NCCOCCC(C)C)NCc1coc(-c2ccccc2)n1.I. The molecule has 0 aliphatic carbocycles. The first kappa shape index (κ1) is 22.4. The number of aromatic nitrogens is 1. The lowest BCUT2D eigenvalue weighted by atomic mass is 10.1. The average molecular weight is 472 g/mol. The fraction of sp³-hybridized carbons (Fsp3) is 0.474. The van der Waals surface area contributed by atoms with Gasteiger partial charge in [0.25, 0.3) is 0 Å². The van der Waals surface area contributed by atoms with Gasteiger partial charge in [0.15, 0.2) is 5.96 Å². The van der Waals surface area contributed by atoms with Crippen molar-refractivity contribution in [2.75, 3.05) is 26.8 Å². The molecule has 0 saturated heterocycles. The topological polar surface area (TPSA) is 71.7 Å². The Kier molecular flexibility index (Phi) is 11.0. The predicted octanol–water partition coefficient (Wildman–Crippen LogP) is 3.69. The Labute approximate surface area is 172 Å². The first-order chi connectivity index (χ1) is 12.2. The summed E-state index contributed by atoms with van der Waals surface area (Å²) in [4.78, 5) is 8.68. The molecule has 2 aromatic rings. The first-order valence-electron chi connectivity index (χ1n) is 8.71. The Morgan fingerprint density at radius 1 is 1.19 bits per heavy atom. The fourth-order valence-corrected chi connectivity index (χ4v) is 2.16. The van der Waals surface area contributed by atoms with Crippen LogP contribution in [0, 0.1) is 5.92 Å². The molecule has 0 fully saturated rings. The molecule has 26 heavy (non-hydrogen) atoms. The van der Waals surface area contributed by atoms with E-state index in [9.17, 15) is 0 Å². The molecule has 1 aromatic heterocycles. The van der Waals surface area contributed by atoms with Crippen molar-refractivity contribution >= 4 is 29.9 Å². The van der Waals surface area contributed by atoms with Crippen molar-refractivity contribution in [1.82, 2.24) is 15.6 Å². The average Bonchev–Trinajstić information content (AvgIpc) is 3.10. The maximum absolute atomic E-state index is 5.58. The number of nitrogens with one attached hydrogen (secondary N) is 2. The summed E-state index contributed by atoms with van der Waals surface area (Å²) in [6, 6.07) is 9.85. The van der Waals surface area contributed by atoms with Gasteiger partial charge in [-0.1, -0.05) is 32.0 Å². The molecule has 2 N–H and O–H groups in total. The monoisotopic (exact) mass is 472 g/mol. The minimum absolute atomic E-state index is 0. The number of ether oxygens (including phenoxy) is 1. The van der Waals surface area contributed by atoms with Crippen LogP contribution in [0.5, 0.6) is 0 Å². The zero-order chi connectivity index (χ0) is 17.9. The minimum Gasteiger partial charge on any atom is -0.444 e. The molecular formula is C19H29IN4O2. The second-order valence-corrected chi connectivity index (χ2v) is 6.16. The van der Waals surface area contributed by atoms with Gasteiger partial charge in [0.1, 0.15) is 6.26 Å². The quantitative estimate of drug-likeness (QED) is 0.252. The zero-order valence-corrected chi connectivity index (χ0v) is 18.0. The van der Waals surface area contributed by atoms with Crippen LogP contribution in [0.4, 0.5) is 0 Å². The van der Waals surface area contributed by atoms with Crippen molar-refractivity contribution in [3.8, 4) is 11.5 Å². The minimum atomic E-state index is 0. The second kappa shape index (κ2) is 12.7. The third-order valence-corrected chi connectivity index (χ3v) is 3.61. The molecule has 0 aliphatic rings. The van der Waals surface area contributed by atoms with Gasteiger partial charge in [0.2, 0.25) is 5.89 Å². The fourth-order valence-electron chi connectivity index (χ4n) is 2.16. The number of halogens is 1. The van der Waals surface area contributed by atoms with Gasteiger partial charge in [-0.05, 0) is 24.5 Å². The highest BCUT2D eigenvalue weighted by molar-refractivity contribution is 14.0. The van der Waals surface area contributed by atoms with E-state index in [1.165, 1.54) is 0 Å². The molecule has 0 unspecified atom stereocenters. The van der Waals surface area contributed by atoms with E-state index in [-0.39, 0.29) is 24.0 Å². The highest BCUT2D eigenvalue weighted by Crippen LogP contribution is 2.17. The van der Waals surface area contributed by atoms with Crippen molar-refractivity contribution in [2.24, 2.45) is 10.9 Å². The number of benzene rings is 1. The number of guanidine groups is 1. The van der Waals surface area contributed by atoms with E-state index in [1.807, 2.05) is 30.3 Å². The molecular weight excluding hydrogens is 443 g/mol. The normalized spacial score (nSPS) is 11.3. The Hall–Kier alpha value is -1.61. The van der Waals surface area contributed by atoms with E-state index in [0.29, 0.717) is 31.5 Å². The van der Waals surface area contributed by atoms with Gasteiger partial charge >= 0.3 is 0 Å². The number of hydrogen-bond donors (Lipinski definition) is 2. The Bertz CT molecular complexity index is 644. The highest BCUT2D eigenvalue weighted by atomic mass is 127. The van der Waals surface area contributed by atoms with Crippen LogP contribution in [0.15, 0.2) is 46.0 Å². The summed E-state index contributed by atoms with van der Waals surface area (Å²) in [5.74, 6) is 2.02. The number of aliphatic imine (C=N–C) groups is 1. The van der Waals surface area contributed by atoms with E-state index >= 15 is 0 Å². The molecule has 0 atom stereocenters. The van der Waals surface area contributed by atoms with E-state index in [4.69, 9.17) is 9.15 Å². The van der Waals surface area contributed by atoms with Crippen LogP contribution in [0.3, 0.4) is 0 Å². The lowest BCUT2D eigenvalue weighted by Gasteiger charge is -2.11. The number of rotatable bonds is 9. The zero-order valence-electron chi connectivity index (χ0n) is 15.7. The van der Waals surface area contributed by atoms with Gasteiger partial charge in [-0.3, -0.25) is 4.99 Å². The Balaban J connectivity index is 0.00000338. The first-order valence-corrected chi connectivity index (χ1v) is 8.71. The largest absolute Gasteiger partial charge is 0.444 e. The summed E-state index contributed by atoms with van der Waals surface area (Å²) in [7, 11) is 1.74. The van der Waals surface area contributed by atoms with Crippen LogP contribution in [0.2, 0.25) is 0 Å². The lowest BCUT2D eigenvalue weighted by molar-refractivity contribution is 0.128. The molecule has 0 spiro atoms. The lowest BCUT2D eigenvalue weighted by Crippen LogP contribution is -2.38. The maximum Gasteiger partial charge on any atom is 0.226 e. The molecule has 2 rings (SSSR count). The summed E-state index contributed by atoms with van der Waals surface area (Å²) in [6.07, 6.45) is 2.75. The van der Waals surface area contributed by atoms with Crippen molar-refractivity contribution in [3.05, 3.63) is 42.3 Å². The van der Waals surface area contributed by atoms with Crippen molar-refractivity contribution in [3.63, 3.8) is 0 Å². The molecule has 7 heteroatoms. The third-order valence-electron chi connectivity index (χ3n) is 3.61. The molecule has 0 amide bonds. The molecule has 1 heterocycles. The summed E-state index contributed by atoms with van der Waals surface area (Å²) in [5.41, 5.74) is 1.80. The van der Waals surface area contributed by atoms with Crippen LogP contribution in [0.1, 0.15) is 26.0 Å². The summed E-state index contributed by atoms with van der Waals surface area (Å²) >= 11 is 0. The van der Waals surface area contributed by atoms with E-state index in [1.54, 1.807) is 13.3 Å².